The topological polar surface area (TPSA) is 94.5 Å². The predicted octanol–water partition coefficient (Wildman–Crippen LogP) is 5.10. The number of carbonyl (C=O) groups excluding carboxylic acids is 2. The fourth-order valence-electron chi connectivity index (χ4n) is 4.37. The largest absolute Gasteiger partial charge is 0.507 e. The second kappa shape index (κ2) is 9.47. The van der Waals surface area contributed by atoms with Crippen LogP contribution in [0.5, 0.6) is 23.0 Å². The molecule has 0 aliphatic carbocycles. The number of aliphatic hydroxyl groups excluding tert-OH is 1. The average molecular weight is 508 g/mol. The highest BCUT2D eigenvalue weighted by atomic mass is 35.5. The molecule has 2 aliphatic heterocycles. The summed E-state index contributed by atoms with van der Waals surface area (Å²) in [5.41, 5.74) is 1.11. The Balaban J connectivity index is 1.71. The zero-order chi connectivity index (χ0) is 25.4. The number of nitrogens with zero attached hydrogens (tertiary/aromatic N) is 1. The van der Waals surface area contributed by atoms with Gasteiger partial charge in [-0.05, 0) is 55.0 Å². The fourth-order valence-corrected chi connectivity index (χ4v) is 4.54. The van der Waals surface area contributed by atoms with Gasteiger partial charge in [0.25, 0.3) is 11.7 Å². The van der Waals surface area contributed by atoms with E-state index in [1.807, 2.05) is 6.92 Å². The van der Waals surface area contributed by atoms with Crippen LogP contribution in [0.4, 0.5) is 5.69 Å². The van der Waals surface area contributed by atoms with E-state index < -0.39 is 23.5 Å². The summed E-state index contributed by atoms with van der Waals surface area (Å²) in [6.45, 7) is 2.43. The Morgan fingerprint density at radius 2 is 1.81 bits per heavy atom. The molecule has 3 aromatic carbocycles. The molecule has 9 heteroatoms. The number of aliphatic hydroxyl groups is 1. The van der Waals surface area contributed by atoms with Crippen LogP contribution in [0.2, 0.25) is 5.02 Å². The number of Topliss-reactive ketones (excluding diaryl/α,β-unsaturated/α-hetero) is 1. The molecule has 3 aromatic rings. The second-order valence-corrected chi connectivity index (χ2v) is 8.49. The zero-order valence-electron chi connectivity index (χ0n) is 19.5. The normalized spacial score (nSPS) is 18.0. The quantitative estimate of drug-likeness (QED) is 0.282. The zero-order valence-corrected chi connectivity index (χ0v) is 20.2. The first-order chi connectivity index (χ1) is 17.4. The number of rotatable bonds is 6. The van der Waals surface area contributed by atoms with Crippen LogP contribution in [0.1, 0.15) is 24.1 Å². The lowest BCUT2D eigenvalue weighted by Crippen LogP contribution is -2.29. The Morgan fingerprint density at radius 1 is 1.06 bits per heavy atom. The van der Waals surface area contributed by atoms with Crippen molar-refractivity contribution in [2.75, 3.05) is 25.4 Å². The third kappa shape index (κ3) is 3.99. The van der Waals surface area contributed by atoms with Crippen molar-refractivity contribution >= 4 is 34.7 Å². The summed E-state index contributed by atoms with van der Waals surface area (Å²) in [4.78, 5) is 28.2. The monoisotopic (exact) mass is 507 g/mol. The van der Waals surface area contributed by atoms with Crippen molar-refractivity contribution in [2.45, 2.75) is 13.0 Å². The van der Waals surface area contributed by atoms with E-state index in [9.17, 15) is 14.7 Å². The molecule has 1 saturated heterocycles. The number of methoxy groups -OCH3 is 1. The van der Waals surface area contributed by atoms with Gasteiger partial charge in [-0.1, -0.05) is 23.7 Å². The van der Waals surface area contributed by atoms with Crippen LogP contribution < -0.4 is 23.8 Å². The smallest absolute Gasteiger partial charge is 0.300 e. The van der Waals surface area contributed by atoms with Crippen LogP contribution >= 0.6 is 11.6 Å². The first-order valence-corrected chi connectivity index (χ1v) is 11.6. The van der Waals surface area contributed by atoms with E-state index in [0.29, 0.717) is 45.9 Å². The van der Waals surface area contributed by atoms with Gasteiger partial charge >= 0.3 is 0 Å². The molecule has 0 radical (unpaired) electrons. The summed E-state index contributed by atoms with van der Waals surface area (Å²) >= 11 is 6.18. The number of carbonyl (C=O) groups is 2. The van der Waals surface area contributed by atoms with E-state index >= 15 is 0 Å². The third-order valence-corrected chi connectivity index (χ3v) is 6.24. The summed E-state index contributed by atoms with van der Waals surface area (Å²) < 4.78 is 21.8. The van der Waals surface area contributed by atoms with Gasteiger partial charge < -0.3 is 24.1 Å². The van der Waals surface area contributed by atoms with Crippen LogP contribution in [0.25, 0.3) is 5.76 Å². The van der Waals surface area contributed by atoms with Crippen LogP contribution in [-0.4, -0.2) is 37.3 Å². The predicted molar refractivity (Wildman–Crippen MR) is 133 cm³/mol. The Morgan fingerprint density at radius 3 is 2.53 bits per heavy atom. The fraction of sp³-hybridized carbons (Fsp3) is 0.185. The lowest BCUT2D eigenvalue weighted by molar-refractivity contribution is -0.132. The van der Waals surface area contributed by atoms with E-state index in [4.69, 9.17) is 30.5 Å². The van der Waals surface area contributed by atoms with E-state index in [-0.39, 0.29) is 17.9 Å². The van der Waals surface area contributed by atoms with Gasteiger partial charge in [0.2, 0.25) is 6.79 Å². The number of hydrogen-bond donors (Lipinski definition) is 1. The van der Waals surface area contributed by atoms with Gasteiger partial charge in [-0.15, -0.1) is 0 Å². The summed E-state index contributed by atoms with van der Waals surface area (Å²) in [7, 11) is 1.44. The minimum absolute atomic E-state index is 0.0640. The Labute approximate surface area is 212 Å². The Kier molecular flexibility index (Phi) is 6.20. The molecule has 1 N–H and O–H groups in total. The van der Waals surface area contributed by atoms with Crippen LogP contribution in [0.15, 0.2) is 66.2 Å². The van der Waals surface area contributed by atoms with Gasteiger partial charge in [0.05, 0.1) is 30.9 Å². The minimum Gasteiger partial charge on any atom is -0.507 e. The maximum Gasteiger partial charge on any atom is 0.300 e. The molecule has 0 saturated carbocycles. The lowest BCUT2D eigenvalue weighted by Gasteiger charge is -2.26. The van der Waals surface area contributed by atoms with Crippen molar-refractivity contribution in [2.24, 2.45) is 0 Å². The number of ketones is 1. The molecule has 2 heterocycles. The number of benzene rings is 3. The number of anilines is 1. The Bertz CT molecular complexity index is 1380. The van der Waals surface area contributed by atoms with Gasteiger partial charge in [0, 0.05) is 16.8 Å². The molecule has 0 aromatic heterocycles. The van der Waals surface area contributed by atoms with Crippen molar-refractivity contribution in [1.82, 2.24) is 0 Å². The van der Waals surface area contributed by atoms with Crippen molar-refractivity contribution < 1.29 is 33.6 Å². The molecular weight excluding hydrogens is 486 g/mol. The number of halogens is 1. The maximum atomic E-state index is 13.4. The van der Waals surface area contributed by atoms with Crippen LogP contribution in [0, 0.1) is 0 Å². The van der Waals surface area contributed by atoms with E-state index in [1.165, 1.54) is 18.1 Å². The maximum absolute atomic E-state index is 13.4. The summed E-state index contributed by atoms with van der Waals surface area (Å²) in [6.07, 6.45) is 0. The van der Waals surface area contributed by atoms with Crippen LogP contribution in [0.3, 0.4) is 0 Å². The van der Waals surface area contributed by atoms with Gasteiger partial charge in [-0.25, -0.2) is 0 Å². The van der Waals surface area contributed by atoms with E-state index in [2.05, 4.69) is 0 Å². The second-order valence-electron chi connectivity index (χ2n) is 8.05. The Hall–Kier alpha value is -4.17. The van der Waals surface area contributed by atoms with E-state index in [0.717, 1.165) is 0 Å². The van der Waals surface area contributed by atoms with Crippen molar-refractivity contribution in [3.8, 4) is 23.0 Å². The van der Waals surface area contributed by atoms with Crippen molar-refractivity contribution in [1.29, 1.82) is 0 Å². The summed E-state index contributed by atoms with van der Waals surface area (Å²) in [5, 5.41) is 11.7. The summed E-state index contributed by atoms with van der Waals surface area (Å²) in [5.74, 6) is -0.0985. The molecule has 36 heavy (non-hydrogen) atoms. The number of amides is 1. The van der Waals surface area contributed by atoms with Crippen molar-refractivity contribution in [3.63, 3.8) is 0 Å². The number of fused-ring (bicyclic) bond motifs is 1. The molecule has 1 unspecified atom stereocenters. The highest BCUT2D eigenvalue weighted by Gasteiger charge is 2.47. The minimum atomic E-state index is -0.940. The van der Waals surface area contributed by atoms with Gasteiger partial charge in [-0.3, -0.25) is 14.5 Å². The van der Waals surface area contributed by atoms with Gasteiger partial charge in [0.1, 0.15) is 17.3 Å². The molecule has 1 atom stereocenters. The van der Waals surface area contributed by atoms with Gasteiger partial charge in [0.15, 0.2) is 11.5 Å². The molecule has 0 spiro atoms. The standard InChI is InChI=1S/C27H22ClNO7/c1-3-34-18-8-4-15(5-9-18)24-23(25(30)19-12-16(28)6-10-20(19)33-2)26(31)27(32)29(24)17-7-11-21-22(13-17)36-14-35-21/h4-13,24,30H,3,14H2,1-2H3/b25-23+. The first-order valence-electron chi connectivity index (χ1n) is 11.2. The number of ether oxygens (including phenoxy) is 4. The number of hydrogen-bond acceptors (Lipinski definition) is 7. The van der Waals surface area contributed by atoms with E-state index in [1.54, 1.807) is 54.6 Å². The molecule has 8 nitrogen and oxygen atoms in total. The molecule has 184 valence electrons. The summed E-state index contributed by atoms with van der Waals surface area (Å²) in [6, 6.07) is 15.7. The molecule has 1 fully saturated rings. The molecule has 0 bridgehead atoms. The highest BCUT2D eigenvalue weighted by molar-refractivity contribution is 6.51. The van der Waals surface area contributed by atoms with Gasteiger partial charge in [-0.2, -0.15) is 0 Å². The van der Waals surface area contributed by atoms with Crippen LogP contribution in [-0.2, 0) is 9.59 Å². The van der Waals surface area contributed by atoms with Crippen molar-refractivity contribution in [3.05, 3.63) is 82.4 Å². The average Bonchev–Trinajstić information content (AvgIpc) is 3.46. The molecular formula is C27H22ClNO7. The molecule has 2 aliphatic rings. The lowest BCUT2D eigenvalue weighted by atomic mass is 9.94. The first kappa shape index (κ1) is 23.6. The highest BCUT2D eigenvalue weighted by Crippen LogP contribution is 2.46. The third-order valence-electron chi connectivity index (χ3n) is 6.00. The molecule has 1 amide bonds. The SMILES string of the molecule is CCOc1ccc(C2/C(=C(\O)c3cc(Cl)ccc3OC)C(=O)C(=O)N2c2ccc3c(c2)OCO3)cc1. The molecule has 5 rings (SSSR count).